The van der Waals surface area contributed by atoms with Crippen LogP contribution in [0, 0.1) is 6.92 Å². The van der Waals surface area contributed by atoms with E-state index in [0.717, 1.165) is 25.1 Å². The minimum atomic E-state index is 0.251. The normalized spacial score (nSPS) is 12.4. The lowest BCUT2D eigenvalue weighted by Crippen LogP contribution is -2.21. The van der Waals surface area contributed by atoms with Crippen LogP contribution in [0.1, 0.15) is 30.2 Å². The molecule has 1 atom stereocenters. The summed E-state index contributed by atoms with van der Waals surface area (Å²) in [5.41, 5.74) is 9.84. The number of furan rings is 1. The summed E-state index contributed by atoms with van der Waals surface area (Å²) < 4.78 is 5.40. The molecule has 1 aromatic carbocycles. The van der Waals surface area contributed by atoms with Crippen molar-refractivity contribution >= 4 is 5.69 Å². The summed E-state index contributed by atoms with van der Waals surface area (Å²) in [5, 5.41) is 0. The number of rotatable bonds is 6. The van der Waals surface area contributed by atoms with Gasteiger partial charge >= 0.3 is 0 Å². The molecule has 0 bridgehead atoms. The van der Waals surface area contributed by atoms with E-state index in [4.69, 9.17) is 10.2 Å². The predicted octanol–water partition coefficient (Wildman–Crippen LogP) is 3.50. The molecule has 1 unspecified atom stereocenters. The fraction of sp³-hybridized carbons (Fsp3) is 0.412. The lowest BCUT2D eigenvalue weighted by molar-refractivity contribution is 0.507. The van der Waals surface area contributed by atoms with Crippen LogP contribution >= 0.6 is 0 Å². The van der Waals surface area contributed by atoms with Crippen LogP contribution in [0.4, 0.5) is 5.69 Å². The van der Waals surface area contributed by atoms with Crippen molar-refractivity contribution in [2.45, 2.75) is 39.3 Å². The third-order valence-corrected chi connectivity index (χ3v) is 3.67. The van der Waals surface area contributed by atoms with E-state index < -0.39 is 0 Å². The van der Waals surface area contributed by atoms with Crippen molar-refractivity contribution in [3.05, 3.63) is 53.5 Å². The second-order valence-corrected chi connectivity index (χ2v) is 5.43. The highest BCUT2D eigenvalue weighted by Crippen LogP contribution is 2.22. The Balaban J connectivity index is 2.08. The summed E-state index contributed by atoms with van der Waals surface area (Å²) in [5.74, 6) is 0.976. The van der Waals surface area contributed by atoms with Crippen LogP contribution in [0.15, 0.2) is 41.0 Å². The summed E-state index contributed by atoms with van der Waals surface area (Å²) >= 11 is 0. The molecule has 0 saturated carbocycles. The second-order valence-electron chi connectivity index (χ2n) is 5.43. The Morgan fingerprint density at radius 2 is 2.10 bits per heavy atom. The third kappa shape index (κ3) is 3.64. The fourth-order valence-electron chi connectivity index (χ4n) is 2.44. The van der Waals surface area contributed by atoms with Crippen LogP contribution in [-0.4, -0.2) is 13.1 Å². The van der Waals surface area contributed by atoms with Crippen molar-refractivity contribution in [1.29, 1.82) is 0 Å². The molecule has 1 heterocycles. The van der Waals surface area contributed by atoms with E-state index in [0.29, 0.717) is 0 Å². The van der Waals surface area contributed by atoms with Crippen LogP contribution < -0.4 is 10.6 Å². The van der Waals surface area contributed by atoms with Crippen molar-refractivity contribution in [1.82, 2.24) is 0 Å². The van der Waals surface area contributed by atoms with Gasteiger partial charge in [0.15, 0.2) is 0 Å². The molecule has 0 spiro atoms. The number of nitrogens with two attached hydrogens (primary N) is 1. The quantitative estimate of drug-likeness (QED) is 0.875. The highest BCUT2D eigenvalue weighted by atomic mass is 16.3. The zero-order valence-corrected chi connectivity index (χ0v) is 12.6. The van der Waals surface area contributed by atoms with Crippen LogP contribution in [0.2, 0.25) is 0 Å². The van der Waals surface area contributed by atoms with Gasteiger partial charge in [0.05, 0.1) is 12.8 Å². The van der Waals surface area contributed by atoms with Crippen LogP contribution in [0.25, 0.3) is 0 Å². The summed E-state index contributed by atoms with van der Waals surface area (Å²) in [6.45, 7) is 5.06. The van der Waals surface area contributed by atoms with Gasteiger partial charge in [-0.3, -0.25) is 0 Å². The summed E-state index contributed by atoms with van der Waals surface area (Å²) in [7, 11) is 2.09. The Kier molecular flexibility index (Phi) is 4.85. The molecule has 3 nitrogen and oxygen atoms in total. The number of hydrogen-bond donors (Lipinski definition) is 1. The van der Waals surface area contributed by atoms with Crippen molar-refractivity contribution in [3.63, 3.8) is 0 Å². The molecule has 2 N–H and O–H groups in total. The average Bonchev–Trinajstić information content (AvgIpc) is 2.91. The SMILES string of the molecule is CCC(N)Cc1ccc(N(C)Cc2ccco2)c(C)c1. The third-order valence-electron chi connectivity index (χ3n) is 3.67. The van der Waals surface area contributed by atoms with Crippen LogP contribution in [0.3, 0.4) is 0 Å². The zero-order chi connectivity index (χ0) is 14.5. The molecule has 2 rings (SSSR count). The topological polar surface area (TPSA) is 42.4 Å². The van der Waals surface area contributed by atoms with Crippen molar-refractivity contribution < 1.29 is 4.42 Å². The predicted molar refractivity (Wildman–Crippen MR) is 84.0 cm³/mol. The van der Waals surface area contributed by atoms with Gasteiger partial charge in [0.25, 0.3) is 0 Å². The first kappa shape index (κ1) is 14.7. The van der Waals surface area contributed by atoms with Gasteiger partial charge in [-0.05, 0) is 49.1 Å². The first-order valence-corrected chi connectivity index (χ1v) is 7.18. The van der Waals surface area contributed by atoms with E-state index in [1.54, 1.807) is 6.26 Å². The molecule has 0 saturated heterocycles. The van der Waals surface area contributed by atoms with Crippen LogP contribution in [-0.2, 0) is 13.0 Å². The van der Waals surface area contributed by atoms with Crippen molar-refractivity contribution in [2.24, 2.45) is 5.73 Å². The molecule has 20 heavy (non-hydrogen) atoms. The Hall–Kier alpha value is -1.74. The van der Waals surface area contributed by atoms with Gasteiger partial charge in [-0.2, -0.15) is 0 Å². The molecule has 1 aromatic heterocycles. The maximum absolute atomic E-state index is 6.02. The van der Waals surface area contributed by atoms with Gasteiger partial charge in [-0.1, -0.05) is 19.1 Å². The first-order valence-electron chi connectivity index (χ1n) is 7.18. The summed E-state index contributed by atoms with van der Waals surface area (Å²) in [6, 6.07) is 10.8. The maximum atomic E-state index is 6.02. The number of hydrogen-bond acceptors (Lipinski definition) is 3. The van der Waals surface area contributed by atoms with Gasteiger partial charge in [0.2, 0.25) is 0 Å². The lowest BCUT2D eigenvalue weighted by Gasteiger charge is -2.21. The summed E-state index contributed by atoms with van der Waals surface area (Å²) in [4.78, 5) is 2.21. The summed E-state index contributed by atoms with van der Waals surface area (Å²) in [6.07, 6.45) is 3.67. The van der Waals surface area contributed by atoms with Crippen LogP contribution in [0.5, 0.6) is 0 Å². The highest BCUT2D eigenvalue weighted by Gasteiger charge is 2.09. The molecule has 0 aliphatic heterocycles. The second kappa shape index (κ2) is 6.62. The number of benzene rings is 1. The molecule has 0 radical (unpaired) electrons. The minimum Gasteiger partial charge on any atom is -0.467 e. The van der Waals surface area contributed by atoms with Gasteiger partial charge < -0.3 is 15.1 Å². The Bertz CT molecular complexity index is 534. The molecular weight excluding hydrogens is 248 g/mol. The van der Waals surface area contributed by atoms with E-state index in [1.807, 2.05) is 12.1 Å². The molecule has 0 aliphatic carbocycles. The number of anilines is 1. The molecule has 0 fully saturated rings. The van der Waals surface area contributed by atoms with Gasteiger partial charge in [-0.15, -0.1) is 0 Å². The van der Waals surface area contributed by atoms with Gasteiger partial charge in [-0.25, -0.2) is 0 Å². The van der Waals surface area contributed by atoms with E-state index in [1.165, 1.54) is 16.8 Å². The van der Waals surface area contributed by atoms with Gasteiger partial charge in [0, 0.05) is 18.8 Å². The molecule has 3 heteroatoms. The smallest absolute Gasteiger partial charge is 0.123 e. The van der Waals surface area contributed by atoms with Crippen molar-refractivity contribution in [2.75, 3.05) is 11.9 Å². The Morgan fingerprint density at radius 3 is 2.70 bits per heavy atom. The molecule has 0 aliphatic rings. The van der Waals surface area contributed by atoms with E-state index in [2.05, 4.69) is 44.0 Å². The standard InChI is InChI=1S/C17H24N2O/c1-4-15(18)11-14-7-8-17(13(2)10-14)19(3)12-16-6-5-9-20-16/h5-10,15H,4,11-12,18H2,1-3H3. The maximum Gasteiger partial charge on any atom is 0.123 e. The van der Waals surface area contributed by atoms with Crippen molar-refractivity contribution in [3.8, 4) is 0 Å². The fourth-order valence-corrected chi connectivity index (χ4v) is 2.44. The van der Waals surface area contributed by atoms with E-state index in [-0.39, 0.29) is 6.04 Å². The number of aryl methyl sites for hydroxylation is 1. The number of nitrogens with zero attached hydrogens (tertiary/aromatic N) is 1. The zero-order valence-electron chi connectivity index (χ0n) is 12.6. The Labute approximate surface area is 121 Å². The van der Waals surface area contributed by atoms with E-state index >= 15 is 0 Å². The minimum absolute atomic E-state index is 0.251. The largest absolute Gasteiger partial charge is 0.467 e. The van der Waals surface area contributed by atoms with E-state index in [9.17, 15) is 0 Å². The molecular formula is C17H24N2O. The molecule has 0 amide bonds. The average molecular weight is 272 g/mol. The molecule has 108 valence electrons. The molecule has 2 aromatic rings. The Morgan fingerprint density at radius 1 is 1.30 bits per heavy atom. The first-order chi connectivity index (χ1) is 9.60. The van der Waals surface area contributed by atoms with Gasteiger partial charge in [0.1, 0.15) is 5.76 Å². The lowest BCUT2D eigenvalue weighted by atomic mass is 10.0. The highest BCUT2D eigenvalue weighted by molar-refractivity contribution is 5.54. The monoisotopic (exact) mass is 272 g/mol.